The molecule has 0 aromatic carbocycles. The van der Waals surface area contributed by atoms with E-state index in [-0.39, 0.29) is 0 Å². The fraction of sp³-hybridized carbons (Fsp3) is 0.727. The number of ether oxygens (including phenoxy) is 1. The number of hydrogen-bond acceptors (Lipinski definition) is 3. The highest BCUT2D eigenvalue weighted by Gasteiger charge is 2.09. The molecule has 0 spiro atoms. The van der Waals surface area contributed by atoms with Crippen molar-refractivity contribution in [2.45, 2.75) is 39.3 Å². The van der Waals surface area contributed by atoms with Crippen LogP contribution in [0.1, 0.15) is 26.1 Å². The second-order valence-electron chi connectivity index (χ2n) is 3.55. The number of aliphatic hydroxyl groups excluding tert-OH is 1. The van der Waals surface area contributed by atoms with Crippen LogP contribution in [0, 0.1) is 0 Å². The highest BCUT2D eigenvalue weighted by molar-refractivity contribution is 4.94. The minimum Gasteiger partial charge on any atom is -0.390 e. The molecule has 1 N–H and O–H groups in total. The van der Waals surface area contributed by atoms with Crippen molar-refractivity contribution in [1.82, 2.24) is 9.55 Å². The van der Waals surface area contributed by atoms with Crippen molar-refractivity contribution >= 4 is 0 Å². The summed E-state index contributed by atoms with van der Waals surface area (Å²) in [4.78, 5) is 4.23. The normalized spacial score (nSPS) is 13.0. The first-order chi connectivity index (χ1) is 7.27. The molecule has 0 aliphatic rings. The highest BCUT2D eigenvalue weighted by atomic mass is 16.5. The molecule has 0 amide bonds. The van der Waals surface area contributed by atoms with Gasteiger partial charge in [-0.05, 0) is 13.3 Å². The Labute approximate surface area is 90.9 Å². The summed E-state index contributed by atoms with van der Waals surface area (Å²) in [5.41, 5.74) is 0. The zero-order valence-electron chi connectivity index (χ0n) is 9.52. The molecule has 1 aromatic heterocycles. The first-order valence-electron chi connectivity index (χ1n) is 5.53. The van der Waals surface area contributed by atoms with E-state index in [1.807, 2.05) is 13.1 Å². The van der Waals surface area contributed by atoms with Crippen LogP contribution in [0.3, 0.4) is 0 Å². The lowest BCUT2D eigenvalue weighted by molar-refractivity contribution is 0.0415. The molecule has 0 fully saturated rings. The average molecular weight is 212 g/mol. The van der Waals surface area contributed by atoms with Crippen LogP contribution in [0.2, 0.25) is 0 Å². The molecule has 4 nitrogen and oxygen atoms in total. The van der Waals surface area contributed by atoms with E-state index in [4.69, 9.17) is 4.74 Å². The van der Waals surface area contributed by atoms with Gasteiger partial charge in [-0.25, -0.2) is 4.98 Å². The third kappa shape index (κ3) is 4.01. The summed E-state index contributed by atoms with van der Waals surface area (Å²) >= 11 is 0. The van der Waals surface area contributed by atoms with Gasteiger partial charge < -0.3 is 14.4 Å². The number of rotatable bonds is 7. The van der Waals surface area contributed by atoms with Crippen LogP contribution in [0.25, 0.3) is 0 Å². The van der Waals surface area contributed by atoms with Crippen molar-refractivity contribution < 1.29 is 9.84 Å². The van der Waals surface area contributed by atoms with Crippen molar-refractivity contribution in [3.8, 4) is 0 Å². The maximum absolute atomic E-state index is 9.67. The average Bonchev–Trinajstić information content (AvgIpc) is 2.63. The minimum absolute atomic E-state index is 0.384. The van der Waals surface area contributed by atoms with Crippen molar-refractivity contribution in [2.75, 3.05) is 13.2 Å². The molecule has 86 valence electrons. The summed E-state index contributed by atoms with van der Waals surface area (Å²) in [5.74, 6) is 0.934. The van der Waals surface area contributed by atoms with Crippen LogP contribution in [-0.4, -0.2) is 34.0 Å². The summed E-state index contributed by atoms with van der Waals surface area (Å²) < 4.78 is 7.24. The maximum Gasteiger partial charge on any atom is 0.111 e. The van der Waals surface area contributed by atoms with Crippen LogP contribution in [0.5, 0.6) is 0 Å². The van der Waals surface area contributed by atoms with Gasteiger partial charge in [0.05, 0.1) is 12.7 Å². The Kier molecular flexibility index (Phi) is 5.36. The van der Waals surface area contributed by atoms with Gasteiger partial charge >= 0.3 is 0 Å². The lowest BCUT2D eigenvalue weighted by atomic mass is 10.2. The molecule has 0 saturated carbocycles. The number of hydrogen-bond donors (Lipinski definition) is 1. The third-order valence-corrected chi connectivity index (χ3v) is 2.20. The van der Waals surface area contributed by atoms with Gasteiger partial charge in [0.25, 0.3) is 0 Å². The number of nitrogens with zero attached hydrogens (tertiary/aromatic N) is 2. The molecule has 1 atom stereocenters. The summed E-state index contributed by atoms with van der Waals surface area (Å²) in [5, 5.41) is 9.67. The smallest absolute Gasteiger partial charge is 0.111 e. The van der Waals surface area contributed by atoms with E-state index in [1.165, 1.54) is 0 Å². The molecule has 0 saturated heterocycles. The SMILES string of the molecule is CCCn1ccnc1CC(O)COCC. The fourth-order valence-electron chi connectivity index (χ4n) is 1.50. The van der Waals surface area contributed by atoms with E-state index in [0.29, 0.717) is 19.6 Å². The summed E-state index contributed by atoms with van der Waals surface area (Å²) in [6, 6.07) is 0. The zero-order valence-corrected chi connectivity index (χ0v) is 9.52. The minimum atomic E-state index is -0.456. The van der Waals surface area contributed by atoms with Gasteiger partial charge in [0.1, 0.15) is 5.82 Å². The van der Waals surface area contributed by atoms with Crippen LogP contribution in [0.15, 0.2) is 12.4 Å². The molecule has 1 rings (SSSR count). The van der Waals surface area contributed by atoms with Crippen molar-refractivity contribution in [3.05, 3.63) is 18.2 Å². The first-order valence-corrected chi connectivity index (χ1v) is 5.53. The highest BCUT2D eigenvalue weighted by Crippen LogP contribution is 2.03. The van der Waals surface area contributed by atoms with Gasteiger partial charge in [0.15, 0.2) is 0 Å². The molecule has 1 heterocycles. The quantitative estimate of drug-likeness (QED) is 0.739. The number of aryl methyl sites for hydroxylation is 1. The second kappa shape index (κ2) is 6.58. The Hall–Kier alpha value is -0.870. The molecule has 0 radical (unpaired) electrons. The van der Waals surface area contributed by atoms with Crippen LogP contribution in [-0.2, 0) is 17.7 Å². The van der Waals surface area contributed by atoms with E-state index in [9.17, 15) is 5.11 Å². The maximum atomic E-state index is 9.67. The fourth-order valence-corrected chi connectivity index (χ4v) is 1.50. The van der Waals surface area contributed by atoms with Gasteiger partial charge in [-0.3, -0.25) is 0 Å². The summed E-state index contributed by atoms with van der Waals surface area (Å²) in [6.07, 6.45) is 4.91. The molecule has 1 aromatic rings. The van der Waals surface area contributed by atoms with Gasteiger partial charge in [0, 0.05) is 32.0 Å². The Bertz CT molecular complexity index is 273. The van der Waals surface area contributed by atoms with Crippen molar-refractivity contribution in [1.29, 1.82) is 0 Å². The van der Waals surface area contributed by atoms with E-state index in [0.717, 1.165) is 18.8 Å². The topological polar surface area (TPSA) is 47.3 Å². The van der Waals surface area contributed by atoms with Gasteiger partial charge in [-0.2, -0.15) is 0 Å². The molecule has 0 aliphatic heterocycles. The van der Waals surface area contributed by atoms with E-state index in [2.05, 4.69) is 16.5 Å². The second-order valence-corrected chi connectivity index (χ2v) is 3.55. The predicted molar refractivity (Wildman–Crippen MR) is 58.7 cm³/mol. The molecule has 1 unspecified atom stereocenters. The van der Waals surface area contributed by atoms with Crippen LogP contribution < -0.4 is 0 Å². The Morgan fingerprint density at radius 3 is 3.00 bits per heavy atom. The summed E-state index contributed by atoms with van der Waals surface area (Å²) in [7, 11) is 0. The monoisotopic (exact) mass is 212 g/mol. The standard InChI is InChI=1S/C11H20N2O2/c1-3-6-13-7-5-12-11(13)8-10(14)9-15-4-2/h5,7,10,14H,3-4,6,8-9H2,1-2H3. The van der Waals surface area contributed by atoms with Crippen molar-refractivity contribution in [2.24, 2.45) is 0 Å². The van der Waals surface area contributed by atoms with E-state index < -0.39 is 6.10 Å². The summed E-state index contributed by atoms with van der Waals surface area (Å²) in [6.45, 7) is 6.03. The van der Waals surface area contributed by atoms with E-state index in [1.54, 1.807) is 6.20 Å². The molecule has 15 heavy (non-hydrogen) atoms. The predicted octanol–water partition coefficient (Wildman–Crippen LogP) is 1.23. The van der Waals surface area contributed by atoms with Gasteiger partial charge in [-0.1, -0.05) is 6.92 Å². The molecule has 4 heteroatoms. The number of imidazole rings is 1. The zero-order chi connectivity index (χ0) is 11.1. The Balaban J connectivity index is 2.44. The van der Waals surface area contributed by atoms with Crippen LogP contribution in [0.4, 0.5) is 0 Å². The van der Waals surface area contributed by atoms with E-state index >= 15 is 0 Å². The van der Waals surface area contributed by atoms with Crippen molar-refractivity contribution in [3.63, 3.8) is 0 Å². The molecule has 0 bridgehead atoms. The molecular formula is C11H20N2O2. The molecular weight excluding hydrogens is 192 g/mol. The number of aromatic nitrogens is 2. The van der Waals surface area contributed by atoms with Gasteiger partial charge in [0.2, 0.25) is 0 Å². The van der Waals surface area contributed by atoms with Crippen LogP contribution >= 0.6 is 0 Å². The first kappa shape index (κ1) is 12.2. The van der Waals surface area contributed by atoms with Gasteiger partial charge in [-0.15, -0.1) is 0 Å². The lowest BCUT2D eigenvalue weighted by Crippen LogP contribution is -2.20. The third-order valence-electron chi connectivity index (χ3n) is 2.20. The lowest BCUT2D eigenvalue weighted by Gasteiger charge is -2.11. The molecule has 0 aliphatic carbocycles. The Morgan fingerprint density at radius 1 is 1.53 bits per heavy atom. The Morgan fingerprint density at radius 2 is 2.33 bits per heavy atom. The number of aliphatic hydroxyl groups is 1. The largest absolute Gasteiger partial charge is 0.390 e.